The van der Waals surface area contributed by atoms with Crippen LogP contribution in [-0.4, -0.2) is 0 Å². The van der Waals surface area contributed by atoms with Crippen molar-refractivity contribution >= 4 is 46.2 Å². The van der Waals surface area contributed by atoms with E-state index in [4.69, 9.17) is 40.1 Å². The number of nitriles is 1. The molecule has 0 fully saturated rings. The van der Waals surface area contributed by atoms with Gasteiger partial charge in [0.15, 0.2) is 0 Å². The molecular formula is C13H7Cl3N4. The molecule has 0 unspecified atom stereocenters. The number of anilines is 1. The Morgan fingerprint density at radius 1 is 1.00 bits per heavy atom. The third-order valence-electron chi connectivity index (χ3n) is 2.32. The highest BCUT2D eigenvalue weighted by atomic mass is 35.5. The van der Waals surface area contributed by atoms with Gasteiger partial charge in [0.05, 0.1) is 38.1 Å². The van der Waals surface area contributed by atoms with Crippen LogP contribution in [0, 0.1) is 11.3 Å². The third kappa shape index (κ3) is 3.61. The van der Waals surface area contributed by atoms with E-state index in [1.807, 2.05) is 6.07 Å². The van der Waals surface area contributed by atoms with Crippen LogP contribution in [0.2, 0.25) is 15.1 Å². The van der Waals surface area contributed by atoms with Gasteiger partial charge in [-0.3, -0.25) is 5.43 Å². The van der Waals surface area contributed by atoms with E-state index in [1.54, 1.807) is 36.4 Å². The van der Waals surface area contributed by atoms with E-state index in [9.17, 15) is 0 Å². The Kier molecular flexibility index (Phi) is 4.80. The highest BCUT2D eigenvalue weighted by Gasteiger charge is 2.05. The lowest BCUT2D eigenvalue weighted by Crippen LogP contribution is -1.87. The number of halogens is 3. The Bertz CT molecular complexity index is 667. The summed E-state index contributed by atoms with van der Waals surface area (Å²) in [5.74, 6) is 0. The third-order valence-corrected chi connectivity index (χ3v) is 3.52. The topological polar surface area (TPSA) is 60.5 Å². The van der Waals surface area contributed by atoms with E-state index in [0.29, 0.717) is 32.0 Å². The van der Waals surface area contributed by atoms with Crippen molar-refractivity contribution in [1.82, 2.24) is 0 Å². The second kappa shape index (κ2) is 6.58. The molecule has 1 N–H and O–H groups in total. The maximum atomic E-state index is 8.68. The summed E-state index contributed by atoms with van der Waals surface area (Å²) in [6, 6.07) is 11.9. The largest absolute Gasteiger partial charge is 0.260 e. The molecule has 7 heteroatoms. The number of nitrogens with one attached hydrogen (secondary N) is 1. The van der Waals surface area contributed by atoms with Gasteiger partial charge in [-0.15, -0.1) is 5.11 Å². The molecule has 0 spiro atoms. The number of benzene rings is 2. The summed E-state index contributed by atoms with van der Waals surface area (Å²) in [6.07, 6.45) is 0. The molecule has 0 saturated heterocycles. The molecule has 0 heterocycles. The Morgan fingerprint density at radius 3 is 2.15 bits per heavy atom. The van der Waals surface area contributed by atoms with Crippen LogP contribution < -0.4 is 5.43 Å². The average molecular weight is 326 g/mol. The quantitative estimate of drug-likeness (QED) is 0.451. The second-order valence-electron chi connectivity index (χ2n) is 3.72. The number of nitrogens with zero attached hydrogens (tertiary/aromatic N) is 3. The van der Waals surface area contributed by atoms with E-state index < -0.39 is 0 Å². The zero-order chi connectivity index (χ0) is 14.5. The molecule has 0 aliphatic rings. The van der Waals surface area contributed by atoms with E-state index in [2.05, 4.69) is 15.8 Å². The fraction of sp³-hybridized carbons (Fsp3) is 0. The Morgan fingerprint density at radius 2 is 1.60 bits per heavy atom. The molecule has 0 aromatic heterocycles. The maximum absolute atomic E-state index is 8.68. The summed E-state index contributed by atoms with van der Waals surface area (Å²) in [5.41, 5.74) is 4.44. The minimum absolute atomic E-state index is 0.294. The summed E-state index contributed by atoms with van der Waals surface area (Å²) < 4.78 is 0. The van der Waals surface area contributed by atoms with E-state index >= 15 is 0 Å². The van der Waals surface area contributed by atoms with Crippen LogP contribution in [0.4, 0.5) is 11.4 Å². The molecule has 2 aromatic carbocycles. The molecule has 2 aromatic rings. The lowest BCUT2D eigenvalue weighted by Gasteiger charge is -2.03. The Hall–Kier alpha value is -1.80. The molecule has 20 heavy (non-hydrogen) atoms. The van der Waals surface area contributed by atoms with Crippen molar-refractivity contribution in [1.29, 1.82) is 5.26 Å². The molecule has 2 rings (SSSR count). The monoisotopic (exact) mass is 324 g/mol. The fourth-order valence-electron chi connectivity index (χ4n) is 1.36. The van der Waals surface area contributed by atoms with E-state index in [0.717, 1.165) is 0 Å². The molecule has 0 aliphatic heterocycles. The van der Waals surface area contributed by atoms with Gasteiger partial charge < -0.3 is 0 Å². The van der Waals surface area contributed by atoms with Crippen LogP contribution in [0.5, 0.6) is 0 Å². The highest BCUT2D eigenvalue weighted by Crippen LogP contribution is 2.33. The highest BCUT2D eigenvalue weighted by molar-refractivity contribution is 6.48. The lowest BCUT2D eigenvalue weighted by molar-refractivity contribution is 1.13. The Balaban J connectivity index is 2.08. The minimum Gasteiger partial charge on any atom is -0.260 e. The lowest BCUT2D eigenvalue weighted by atomic mass is 10.2. The molecule has 0 aliphatic carbocycles. The van der Waals surface area contributed by atoms with Gasteiger partial charge >= 0.3 is 0 Å². The van der Waals surface area contributed by atoms with E-state index in [-0.39, 0.29) is 0 Å². The van der Waals surface area contributed by atoms with Crippen molar-refractivity contribution in [3.8, 4) is 6.07 Å². The van der Waals surface area contributed by atoms with Crippen molar-refractivity contribution in [2.24, 2.45) is 10.3 Å². The number of rotatable bonds is 3. The molecule has 4 nitrogen and oxygen atoms in total. The first-order valence-electron chi connectivity index (χ1n) is 5.41. The zero-order valence-corrected chi connectivity index (χ0v) is 12.2. The summed E-state index contributed by atoms with van der Waals surface area (Å²) in [6.45, 7) is 0. The maximum Gasteiger partial charge on any atom is 0.0991 e. The fourth-order valence-corrected chi connectivity index (χ4v) is 1.96. The molecule has 0 bridgehead atoms. The summed E-state index contributed by atoms with van der Waals surface area (Å²) >= 11 is 17.6. The van der Waals surface area contributed by atoms with Crippen molar-refractivity contribution < 1.29 is 0 Å². The minimum atomic E-state index is 0.294. The van der Waals surface area contributed by atoms with Gasteiger partial charge in [-0.25, -0.2) is 0 Å². The van der Waals surface area contributed by atoms with Crippen LogP contribution in [-0.2, 0) is 0 Å². The first kappa shape index (κ1) is 14.6. The predicted molar refractivity (Wildman–Crippen MR) is 80.8 cm³/mol. The van der Waals surface area contributed by atoms with Crippen LogP contribution in [0.3, 0.4) is 0 Å². The zero-order valence-electron chi connectivity index (χ0n) is 9.94. The standard InChI is InChI=1S/C13H7Cl3N4/c14-11-5-10(6-12(15)13(11)16)19-20-18-9-3-1-8(7-17)2-4-9/h1-6H,(H,18,19). The van der Waals surface area contributed by atoms with Gasteiger partial charge in [0.1, 0.15) is 0 Å². The summed E-state index contributed by atoms with van der Waals surface area (Å²) in [7, 11) is 0. The number of hydrogen-bond donors (Lipinski definition) is 1. The molecule has 100 valence electrons. The van der Waals surface area contributed by atoms with Gasteiger partial charge in [0.25, 0.3) is 0 Å². The van der Waals surface area contributed by atoms with Crippen LogP contribution in [0.25, 0.3) is 0 Å². The van der Waals surface area contributed by atoms with Gasteiger partial charge in [-0.2, -0.15) is 5.26 Å². The normalized spacial score (nSPS) is 10.5. The molecular weight excluding hydrogens is 319 g/mol. The second-order valence-corrected chi connectivity index (χ2v) is 4.92. The van der Waals surface area contributed by atoms with Gasteiger partial charge in [0, 0.05) is 0 Å². The molecule has 0 atom stereocenters. The SMILES string of the molecule is N#Cc1ccc(N=NNc2cc(Cl)c(Cl)c(Cl)c2)cc1. The Labute approximate surface area is 130 Å². The average Bonchev–Trinajstić information content (AvgIpc) is 2.45. The summed E-state index contributed by atoms with van der Waals surface area (Å²) in [4.78, 5) is 0. The van der Waals surface area contributed by atoms with Crippen LogP contribution in [0.15, 0.2) is 46.7 Å². The first-order valence-corrected chi connectivity index (χ1v) is 6.55. The summed E-state index contributed by atoms with van der Waals surface area (Å²) in [5, 5.41) is 17.4. The van der Waals surface area contributed by atoms with Gasteiger partial charge in [-0.05, 0) is 36.4 Å². The van der Waals surface area contributed by atoms with Gasteiger partial charge in [-0.1, -0.05) is 40.0 Å². The van der Waals surface area contributed by atoms with Gasteiger partial charge in [0.2, 0.25) is 0 Å². The predicted octanol–water partition coefficient (Wildman–Crippen LogP) is 5.63. The van der Waals surface area contributed by atoms with Crippen LogP contribution >= 0.6 is 34.8 Å². The smallest absolute Gasteiger partial charge is 0.0991 e. The number of hydrogen-bond acceptors (Lipinski definition) is 3. The molecule has 0 radical (unpaired) electrons. The van der Waals surface area contributed by atoms with Crippen molar-refractivity contribution in [3.63, 3.8) is 0 Å². The first-order chi connectivity index (χ1) is 9.60. The molecule has 0 saturated carbocycles. The van der Waals surface area contributed by atoms with Crippen molar-refractivity contribution in [3.05, 3.63) is 57.0 Å². The van der Waals surface area contributed by atoms with Crippen molar-refractivity contribution in [2.75, 3.05) is 5.43 Å². The van der Waals surface area contributed by atoms with E-state index in [1.165, 1.54) is 0 Å². The van der Waals surface area contributed by atoms with Crippen LogP contribution in [0.1, 0.15) is 5.56 Å². The molecule has 0 amide bonds. The van der Waals surface area contributed by atoms with Crippen molar-refractivity contribution in [2.45, 2.75) is 0 Å².